The van der Waals surface area contributed by atoms with Gasteiger partial charge in [0.25, 0.3) is 0 Å². The van der Waals surface area contributed by atoms with E-state index in [1.165, 1.54) is 0 Å². The van der Waals surface area contributed by atoms with Crippen molar-refractivity contribution in [3.05, 3.63) is 36.4 Å². The Labute approximate surface area is 72.9 Å². The number of benzene rings is 1. The topological polar surface area (TPSA) is 0 Å². The smallest absolute Gasteiger partial charge is 0.813 e. The summed E-state index contributed by atoms with van der Waals surface area (Å²) in [5.41, 5.74) is 0. The molecule has 0 bridgehead atoms. The van der Waals surface area contributed by atoms with E-state index in [4.69, 9.17) is 0 Å². The van der Waals surface area contributed by atoms with E-state index in [-0.39, 0.29) is 36.5 Å². The van der Waals surface area contributed by atoms with Gasteiger partial charge in [-0.05, 0) is 0 Å². The third-order valence-corrected chi connectivity index (χ3v) is 0.607. The van der Waals surface area contributed by atoms with Crippen molar-refractivity contribution in [2.45, 2.75) is 0 Å². The van der Waals surface area contributed by atoms with Crippen LogP contribution < -0.4 is 0 Å². The molecule has 0 fully saturated rings. The molecule has 0 heterocycles. The van der Waals surface area contributed by atoms with E-state index in [1.807, 2.05) is 30.3 Å². The molecule has 0 saturated heterocycles. The second-order valence-corrected chi connectivity index (χ2v) is 1.08. The summed E-state index contributed by atoms with van der Waals surface area (Å²) < 4.78 is 0. The van der Waals surface area contributed by atoms with Crippen LogP contribution in [0.4, 0.5) is 0 Å². The van der Waals surface area contributed by atoms with Crippen molar-refractivity contribution in [3.8, 4) is 0 Å². The number of rotatable bonds is 0. The molecule has 0 unspecified atom stereocenters. The zero-order valence-corrected chi connectivity index (χ0v) is 6.85. The first-order valence-corrected chi connectivity index (χ1v) is 1.91. The Hall–Kier alpha value is 0.336. The average Bonchev–Trinajstić information content (AvgIpc) is 1.72. The van der Waals surface area contributed by atoms with E-state index in [0.29, 0.717) is 0 Å². The maximum atomic E-state index is 2.89. The Morgan fingerprint density at radius 2 is 1.38 bits per heavy atom. The van der Waals surface area contributed by atoms with Crippen LogP contribution in [0.15, 0.2) is 30.3 Å². The minimum absolute atomic E-state index is 0. The van der Waals surface area contributed by atoms with E-state index in [9.17, 15) is 0 Å². The van der Waals surface area contributed by atoms with Gasteiger partial charge in [-0.1, -0.05) is 0 Å². The fraction of sp³-hybridized carbons (Fsp3) is 0. The molecule has 0 N–H and O–H groups in total. The Morgan fingerprint density at radius 1 is 0.875 bits per heavy atom. The van der Waals surface area contributed by atoms with Crippen molar-refractivity contribution >= 4 is 36.5 Å². The number of thiol groups is 1. The summed E-state index contributed by atoms with van der Waals surface area (Å²) in [4.78, 5) is 0. The molecule has 0 atom stereocenters. The van der Waals surface area contributed by atoms with Gasteiger partial charge < -0.3 is 13.5 Å². The zero-order valence-electron chi connectivity index (χ0n) is 4.54. The number of hydrogen-bond donors (Lipinski definition) is 0. The molecule has 0 aliphatic rings. The fourth-order valence-electron chi connectivity index (χ4n) is 0.342. The minimum atomic E-state index is 0. The molecule has 1 aromatic carbocycles. The molecule has 1 rings (SSSR count). The van der Waals surface area contributed by atoms with Crippen molar-refractivity contribution in [2.24, 2.45) is 0 Å². The molecule has 0 aliphatic carbocycles. The van der Waals surface area contributed by atoms with Gasteiger partial charge in [0, 0.05) is 0 Å². The van der Waals surface area contributed by atoms with Crippen molar-refractivity contribution in [1.29, 1.82) is 0 Å². The molecule has 1 aromatic rings. The predicted molar refractivity (Wildman–Crippen MR) is 39.8 cm³/mol. The van der Waals surface area contributed by atoms with E-state index in [2.05, 4.69) is 6.07 Å². The first kappa shape index (κ1) is 11.2. The van der Waals surface area contributed by atoms with Crippen molar-refractivity contribution < 1.29 is 0 Å². The molecule has 0 nitrogen and oxygen atoms in total. The summed E-state index contributed by atoms with van der Waals surface area (Å²) in [5, 5.41) is 0. The van der Waals surface area contributed by atoms with Gasteiger partial charge in [0.1, 0.15) is 0 Å². The van der Waals surface area contributed by atoms with Gasteiger partial charge in [0.2, 0.25) is 0 Å². The molecule has 8 heavy (non-hydrogen) atoms. The van der Waals surface area contributed by atoms with Crippen LogP contribution in [0.3, 0.4) is 0 Å². The normalized spacial score (nSPS) is 6.00. The molecule has 0 radical (unpaired) electrons. The zero-order chi connectivity index (χ0) is 4.24. The van der Waals surface area contributed by atoms with Crippen LogP contribution in [0, 0.1) is 6.07 Å². The molecule has 0 amide bonds. The van der Waals surface area contributed by atoms with Gasteiger partial charge in [-0.15, -0.1) is 0 Å². The molecule has 0 aromatic heterocycles. The molecule has 2 heteroatoms. The van der Waals surface area contributed by atoms with E-state index in [1.54, 1.807) is 0 Å². The minimum Gasteiger partial charge on any atom is -0.813 e. The molecule has 38 valence electrons. The summed E-state index contributed by atoms with van der Waals surface area (Å²) in [6, 6.07) is 12.5. The molecular weight excluding hydrogens is 128 g/mol. The Morgan fingerprint density at radius 3 is 1.50 bits per heavy atom. The van der Waals surface area contributed by atoms with Crippen LogP contribution in [0.2, 0.25) is 0 Å². The first-order chi connectivity index (χ1) is 3.00. The largest absolute Gasteiger partial charge is 2.00 e. The molecular formula is C6H6MgS. The van der Waals surface area contributed by atoms with Crippen LogP contribution in [0.5, 0.6) is 0 Å². The summed E-state index contributed by atoms with van der Waals surface area (Å²) in [6.07, 6.45) is 0. The summed E-state index contributed by atoms with van der Waals surface area (Å²) >= 11 is 0. The van der Waals surface area contributed by atoms with Gasteiger partial charge in [0.05, 0.1) is 0 Å². The van der Waals surface area contributed by atoms with Crippen LogP contribution >= 0.6 is 0 Å². The molecule has 0 aliphatic heterocycles. The average molecular weight is 134 g/mol. The third kappa shape index (κ3) is 4.49. The Bertz CT molecular complexity index is 80.5. The molecule has 0 spiro atoms. The first-order valence-electron chi connectivity index (χ1n) is 1.91. The van der Waals surface area contributed by atoms with Crippen LogP contribution in [0.1, 0.15) is 0 Å². The van der Waals surface area contributed by atoms with Crippen LogP contribution in [0.25, 0.3) is 0 Å². The van der Waals surface area contributed by atoms with Gasteiger partial charge in [-0.2, -0.15) is 36.4 Å². The maximum absolute atomic E-state index is 2.89. The van der Waals surface area contributed by atoms with Crippen molar-refractivity contribution in [1.82, 2.24) is 0 Å². The Balaban J connectivity index is 0. The number of hydrogen-bond acceptors (Lipinski definition) is 1. The quantitative estimate of drug-likeness (QED) is 0.219. The fourth-order valence-corrected chi connectivity index (χ4v) is 0.342. The molecule has 0 saturated carbocycles. The van der Waals surface area contributed by atoms with Gasteiger partial charge in [-0.25, -0.2) is 0 Å². The SMILES string of the molecule is [Mg+2].[SH-].[c-]1ccccc1. The summed E-state index contributed by atoms with van der Waals surface area (Å²) in [7, 11) is 0. The van der Waals surface area contributed by atoms with Crippen LogP contribution in [-0.4, -0.2) is 23.1 Å². The third-order valence-electron chi connectivity index (χ3n) is 0.607. The van der Waals surface area contributed by atoms with Gasteiger partial charge in [-0.3, -0.25) is 0 Å². The van der Waals surface area contributed by atoms with Crippen LogP contribution in [-0.2, 0) is 13.5 Å². The van der Waals surface area contributed by atoms with Gasteiger partial charge >= 0.3 is 23.1 Å². The standard InChI is InChI=1S/C6H5.Mg.H2S/c1-2-4-6-5-3-1;;/h1-5H;;1H2/q-1;+2;/p-1. The second-order valence-electron chi connectivity index (χ2n) is 1.08. The van der Waals surface area contributed by atoms with E-state index in [0.717, 1.165) is 0 Å². The second kappa shape index (κ2) is 7.34. The Kier molecular flexibility index (Phi) is 10.2. The van der Waals surface area contributed by atoms with E-state index < -0.39 is 0 Å². The van der Waals surface area contributed by atoms with E-state index >= 15 is 0 Å². The van der Waals surface area contributed by atoms with Crippen molar-refractivity contribution in [2.75, 3.05) is 0 Å². The van der Waals surface area contributed by atoms with Crippen molar-refractivity contribution in [3.63, 3.8) is 0 Å². The summed E-state index contributed by atoms with van der Waals surface area (Å²) in [5.74, 6) is 0. The monoisotopic (exact) mass is 134 g/mol. The van der Waals surface area contributed by atoms with Gasteiger partial charge in [0.15, 0.2) is 0 Å². The predicted octanol–water partition coefficient (Wildman–Crippen LogP) is 0.836. The maximum Gasteiger partial charge on any atom is 2.00 e. The summed E-state index contributed by atoms with van der Waals surface area (Å²) in [6.45, 7) is 0.